The fourth-order valence-electron chi connectivity index (χ4n) is 0.973. The number of carbonyl (C=O) groups is 1. The molecule has 0 spiro atoms. The van der Waals surface area contributed by atoms with Crippen molar-refractivity contribution in [1.82, 2.24) is 5.32 Å². The molecule has 0 unspecified atom stereocenters. The van der Waals surface area contributed by atoms with Gasteiger partial charge in [-0.15, -0.1) is 0 Å². The van der Waals surface area contributed by atoms with Crippen LogP contribution in [0.15, 0.2) is 18.2 Å². The Hall–Kier alpha value is -0.450. The minimum atomic E-state index is -0.189. The first-order valence-corrected chi connectivity index (χ1v) is 6.41. The van der Waals surface area contributed by atoms with Crippen molar-refractivity contribution >= 4 is 45.0 Å². The Bertz CT molecular complexity index is 374. The van der Waals surface area contributed by atoms with Gasteiger partial charge in [-0.05, 0) is 18.2 Å². The van der Waals surface area contributed by atoms with Gasteiger partial charge in [0.05, 0.1) is 5.02 Å². The Morgan fingerprint density at radius 1 is 1.44 bits per heavy atom. The quantitative estimate of drug-likeness (QED) is 0.845. The molecule has 0 atom stereocenters. The summed E-state index contributed by atoms with van der Waals surface area (Å²) in [6.45, 7) is 0.505. The van der Waals surface area contributed by atoms with E-state index >= 15 is 0 Å². The van der Waals surface area contributed by atoms with E-state index in [0.717, 1.165) is 0 Å². The summed E-state index contributed by atoms with van der Waals surface area (Å²) in [6.07, 6.45) is 0. The van der Waals surface area contributed by atoms with Gasteiger partial charge in [-0.1, -0.05) is 39.1 Å². The topological polar surface area (TPSA) is 38.3 Å². The van der Waals surface area contributed by atoms with Crippen LogP contribution in [0.2, 0.25) is 10.0 Å². The van der Waals surface area contributed by atoms with Crippen LogP contribution in [0.5, 0.6) is 5.75 Å². The Morgan fingerprint density at radius 2 is 2.19 bits per heavy atom. The van der Waals surface area contributed by atoms with Crippen molar-refractivity contribution in [3.05, 3.63) is 28.2 Å². The van der Waals surface area contributed by atoms with E-state index in [9.17, 15) is 4.79 Å². The first-order valence-electron chi connectivity index (χ1n) is 4.54. The predicted octanol–water partition coefficient (Wildman–Crippen LogP) is 2.88. The molecule has 0 aromatic heterocycles. The first kappa shape index (κ1) is 13.6. The van der Waals surface area contributed by atoms with Crippen LogP contribution in [0.3, 0.4) is 0 Å². The highest BCUT2D eigenvalue weighted by Crippen LogP contribution is 2.27. The van der Waals surface area contributed by atoms with Crippen LogP contribution in [0.4, 0.5) is 0 Å². The van der Waals surface area contributed by atoms with E-state index in [1.807, 2.05) is 0 Å². The van der Waals surface area contributed by atoms with Crippen LogP contribution in [0.1, 0.15) is 0 Å². The molecule has 0 bridgehead atoms. The molecule has 0 aliphatic carbocycles. The molecule has 1 aromatic carbocycles. The molecule has 0 fully saturated rings. The monoisotopic (exact) mass is 325 g/mol. The molecule has 6 heteroatoms. The van der Waals surface area contributed by atoms with Crippen LogP contribution in [0.25, 0.3) is 0 Å². The van der Waals surface area contributed by atoms with E-state index in [1.165, 1.54) is 0 Å². The number of carbonyl (C=O) groups excluding carboxylic acids is 1. The van der Waals surface area contributed by atoms with Crippen molar-refractivity contribution in [3.63, 3.8) is 0 Å². The van der Waals surface area contributed by atoms with Crippen LogP contribution in [-0.4, -0.2) is 24.4 Å². The number of amides is 1. The second kappa shape index (κ2) is 6.99. The number of benzene rings is 1. The number of ether oxygens (including phenoxy) is 1. The lowest BCUT2D eigenvalue weighted by atomic mass is 10.3. The van der Waals surface area contributed by atoms with Crippen molar-refractivity contribution in [2.24, 2.45) is 0 Å². The maximum atomic E-state index is 11.2. The molecule has 0 saturated heterocycles. The Balaban J connectivity index is 2.45. The van der Waals surface area contributed by atoms with Gasteiger partial charge in [-0.3, -0.25) is 4.79 Å². The molecule has 3 nitrogen and oxygen atoms in total. The zero-order chi connectivity index (χ0) is 12.0. The minimum absolute atomic E-state index is 0.0612. The average molecular weight is 327 g/mol. The van der Waals surface area contributed by atoms with E-state index < -0.39 is 0 Å². The summed E-state index contributed by atoms with van der Waals surface area (Å²) in [5.41, 5.74) is 0. The Kier molecular flexibility index (Phi) is 5.95. The van der Waals surface area contributed by atoms with Crippen LogP contribution in [-0.2, 0) is 4.79 Å². The Labute approximate surface area is 112 Å². The van der Waals surface area contributed by atoms with Crippen molar-refractivity contribution < 1.29 is 9.53 Å². The minimum Gasteiger partial charge on any atom is -0.482 e. The van der Waals surface area contributed by atoms with Gasteiger partial charge in [0.25, 0.3) is 5.91 Å². The molecule has 1 aromatic rings. The molecular weight excluding hydrogens is 317 g/mol. The summed E-state index contributed by atoms with van der Waals surface area (Å²) < 4.78 is 5.23. The molecule has 1 N–H and O–H groups in total. The van der Waals surface area contributed by atoms with Gasteiger partial charge in [0.1, 0.15) is 5.75 Å². The second-order valence-corrected chi connectivity index (χ2v) is 4.54. The zero-order valence-electron chi connectivity index (χ0n) is 8.30. The van der Waals surface area contributed by atoms with Gasteiger partial charge >= 0.3 is 0 Å². The van der Waals surface area contributed by atoms with Gasteiger partial charge in [-0.25, -0.2) is 0 Å². The molecule has 1 rings (SSSR count). The van der Waals surface area contributed by atoms with E-state index in [0.29, 0.717) is 27.7 Å². The Morgan fingerprint density at radius 3 is 2.81 bits per heavy atom. The van der Waals surface area contributed by atoms with Gasteiger partial charge < -0.3 is 10.1 Å². The highest BCUT2D eigenvalue weighted by atomic mass is 79.9. The average Bonchev–Trinajstić information content (AvgIpc) is 2.25. The summed E-state index contributed by atoms with van der Waals surface area (Å²) >= 11 is 14.8. The number of halogens is 3. The molecule has 1 amide bonds. The molecular formula is C10H10BrCl2NO2. The molecule has 0 radical (unpaired) electrons. The molecule has 0 saturated carbocycles. The predicted molar refractivity (Wildman–Crippen MR) is 68.8 cm³/mol. The van der Waals surface area contributed by atoms with Gasteiger partial charge in [0.15, 0.2) is 6.61 Å². The standard InChI is InChI=1S/C10H10BrCl2NO2/c11-3-4-14-10(15)6-16-9-2-1-7(12)5-8(9)13/h1-2,5H,3-4,6H2,(H,14,15). The normalized spacial score (nSPS) is 9.94. The summed E-state index contributed by atoms with van der Waals surface area (Å²) in [4.78, 5) is 11.2. The van der Waals surface area contributed by atoms with E-state index in [4.69, 9.17) is 27.9 Å². The number of alkyl halides is 1. The van der Waals surface area contributed by atoms with E-state index in [2.05, 4.69) is 21.2 Å². The van der Waals surface area contributed by atoms with Gasteiger partial charge in [-0.2, -0.15) is 0 Å². The number of hydrogen-bond acceptors (Lipinski definition) is 2. The zero-order valence-corrected chi connectivity index (χ0v) is 11.4. The third-order valence-electron chi connectivity index (χ3n) is 1.67. The van der Waals surface area contributed by atoms with E-state index in [1.54, 1.807) is 18.2 Å². The summed E-state index contributed by atoms with van der Waals surface area (Å²) in [5, 5.41) is 4.28. The highest BCUT2D eigenvalue weighted by Gasteiger charge is 2.05. The van der Waals surface area contributed by atoms with E-state index in [-0.39, 0.29) is 12.5 Å². The fraction of sp³-hybridized carbons (Fsp3) is 0.300. The number of hydrogen-bond donors (Lipinski definition) is 1. The molecule has 16 heavy (non-hydrogen) atoms. The van der Waals surface area contributed by atoms with Crippen molar-refractivity contribution in [2.45, 2.75) is 0 Å². The largest absolute Gasteiger partial charge is 0.482 e. The van der Waals surface area contributed by atoms with Gasteiger partial charge in [0, 0.05) is 16.9 Å². The third-order valence-corrected chi connectivity index (χ3v) is 2.60. The van der Waals surface area contributed by atoms with Crippen LogP contribution >= 0.6 is 39.1 Å². The molecule has 0 aliphatic heterocycles. The molecule has 0 heterocycles. The maximum absolute atomic E-state index is 11.2. The summed E-state index contributed by atoms with van der Waals surface area (Å²) in [6, 6.07) is 4.84. The van der Waals surface area contributed by atoms with Crippen molar-refractivity contribution in [3.8, 4) is 5.75 Å². The summed E-state index contributed by atoms with van der Waals surface area (Å²) in [5.74, 6) is 0.255. The van der Waals surface area contributed by atoms with Crippen LogP contribution < -0.4 is 10.1 Å². The van der Waals surface area contributed by atoms with Crippen molar-refractivity contribution in [2.75, 3.05) is 18.5 Å². The summed E-state index contributed by atoms with van der Waals surface area (Å²) in [7, 11) is 0. The lowest BCUT2D eigenvalue weighted by Crippen LogP contribution is -2.30. The van der Waals surface area contributed by atoms with Crippen molar-refractivity contribution in [1.29, 1.82) is 0 Å². The lowest BCUT2D eigenvalue weighted by Gasteiger charge is -2.08. The number of nitrogens with one attached hydrogen (secondary N) is 1. The second-order valence-electron chi connectivity index (χ2n) is 2.90. The van der Waals surface area contributed by atoms with Gasteiger partial charge in [0.2, 0.25) is 0 Å². The van der Waals surface area contributed by atoms with Crippen LogP contribution in [0, 0.1) is 0 Å². The first-order chi connectivity index (χ1) is 7.63. The lowest BCUT2D eigenvalue weighted by molar-refractivity contribution is -0.122. The SMILES string of the molecule is O=C(COc1ccc(Cl)cc1Cl)NCCBr. The molecule has 88 valence electrons. The maximum Gasteiger partial charge on any atom is 0.257 e. The molecule has 0 aliphatic rings. The fourth-order valence-corrected chi connectivity index (χ4v) is 1.63. The third kappa shape index (κ3) is 4.60. The number of rotatable bonds is 5. The smallest absolute Gasteiger partial charge is 0.257 e. The highest BCUT2D eigenvalue weighted by molar-refractivity contribution is 9.09.